The number of nitrogens with zero attached hydrogens (tertiary/aromatic N) is 5. The van der Waals surface area contributed by atoms with Gasteiger partial charge in [-0.1, -0.05) is 60.7 Å². The van der Waals surface area contributed by atoms with Gasteiger partial charge in [-0.2, -0.15) is 5.10 Å². The summed E-state index contributed by atoms with van der Waals surface area (Å²) in [4.78, 5) is 21.4. The maximum atomic E-state index is 12.6. The van der Waals surface area contributed by atoms with Crippen LogP contribution < -0.4 is 9.64 Å². The van der Waals surface area contributed by atoms with Gasteiger partial charge in [0.2, 0.25) is 5.88 Å². The van der Waals surface area contributed by atoms with Crippen LogP contribution >= 0.6 is 0 Å². The van der Waals surface area contributed by atoms with E-state index in [0.717, 1.165) is 64.9 Å². The Hall–Kier alpha value is -4.85. The number of fused-ring (bicyclic) bond motifs is 1. The number of hydrogen-bond acceptors (Lipinski definition) is 6. The van der Waals surface area contributed by atoms with Crippen LogP contribution in [0.3, 0.4) is 0 Å². The van der Waals surface area contributed by atoms with Crippen molar-refractivity contribution < 1.29 is 14.3 Å². The molecule has 0 N–H and O–H groups in total. The second-order valence-corrected chi connectivity index (χ2v) is 12.7. The minimum atomic E-state index is -0.502. The molecule has 6 rings (SSSR count). The fraction of sp³-hybridized carbons (Fsp3) is 0.324. The molecule has 8 nitrogen and oxygen atoms in total. The van der Waals surface area contributed by atoms with E-state index in [-0.39, 0.29) is 18.2 Å². The van der Waals surface area contributed by atoms with E-state index in [1.54, 1.807) is 11.1 Å². The highest BCUT2D eigenvalue weighted by molar-refractivity contribution is 5.96. The highest BCUT2D eigenvalue weighted by Gasteiger charge is 2.29. The number of carbonyl (C=O) groups excluding carboxylic acids is 1. The van der Waals surface area contributed by atoms with Crippen LogP contribution in [0.2, 0.25) is 0 Å². The van der Waals surface area contributed by atoms with E-state index in [1.165, 1.54) is 0 Å². The van der Waals surface area contributed by atoms with Gasteiger partial charge in [-0.15, -0.1) is 0 Å². The average Bonchev–Trinajstić information content (AvgIpc) is 3.38. The molecule has 0 bridgehead atoms. The van der Waals surface area contributed by atoms with Crippen LogP contribution in [-0.2, 0) is 11.8 Å². The van der Waals surface area contributed by atoms with Crippen molar-refractivity contribution >= 4 is 22.7 Å². The first kappa shape index (κ1) is 30.2. The van der Waals surface area contributed by atoms with E-state index in [0.29, 0.717) is 5.88 Å². The molecule has 1 amide bonds. The number of benzene rings is 3. The summed E-state index contributed by atoms with van der Waals surface area (Å²) in [5.41, 5.74) is 5.46. The zero-order valence-electron chi connectivity index (χ0n) is 26.7. The fourth-order valence-corrected chi connectivity index (χ4v) is 6.00. The number of hydrogen-bond donors (Lipinski definition) is 0. The lowest BCUT2D eigenvalue weighted by Gasteiger charge is -2.38. The van der Waals surface area contributed by atoms with Crippen LogP contribution in [-0.4, -0.2) is 57.5 Å². The lowest BCUT2D eigenvalue weighted by molar-refractivity contribution is 0.0201. The van der Waals surface area contributed by atoms with Gasteiger partial charge in [-0.25, -0.2) is 9.78 Å². The number of piperidine rings is 1. The molecule has 5 aromatic rings. The summed E-state index contributed by atoms with van der Waals surface area (Å²) < 4.78 is 14.2. The van der Waals surface area contributed by atoms with Crippen LogP contribution in [0.1, 0.15) is 50.8 Å². The van der Waals surface area contributed by atoms with Crippen molar-refractivity contribution in [3.63, 3.8) is 0 Å². The van der Waals surface area contributed by atoms with Crippen molar-refractivity contribution in [1.82, 2.24) is 19.7 Å². The van der Waals surface area contributed by atoms with Gasteiger partial charge in [0, 0.05) is 50.5 Å². The third kappa shape index (κ3) is 6.65. The molecule has 1 saturated heterocycles. The first-order chi connectivity index (χ1) is 21.7. The van der Waals surface area contributed by atoms with Gasteiger partial charge in [0.25, 0.3) is 0 Å². The van der Waals surface area contributed by atoms with Gasteiger partial charge in [-0.3, -0.25) is 4.68 Å². The molecule has 1 aliphatic rings. The number of anilines is 1. The quantitative estimate of drug-likeness (QED) is 0.190. The van der Waals surface area contributed by atoms with Crippen molar-refractivity contribution in [2.24, 2.45) is 7.05 Å². The Balaban J connectivity index is 1.24. The summed E-state index contributed by atoms with van der Waals surface area (Å²) in [6.45, 7) is 7.41. The number of aryl methyl sites for hydroxylation is 1. The summed E-state index contributed by atoms with van der Waals surface area (Å²) in [6, 6.07) is 31.1. The monoisotopic (exact) mass is 603 g/mol. The summed E-state index contributed by atoms with van der Waals surface area (Å²) in [6.07, 6.45) is 2.94. The lowest BCUT2D eigenvalue weighted by atomic mass is 10.0. The molecule has 0 aliphatic carbocycles. The van der Waals surface area contributed by atoms with E-state index >= 15 is 0 Å². The molecule has 232 valence electrons. The standard InChI is InChI=1S/C37H41N5O3/c1-37(2,3)45-36(43)40(4)28-20-23-42(24-21-28)29-18-19-30-32(25-29)41(5)39-33(30)31-17-12-22-38-35(31)44-34(26-13-8-6-9-14-26)27-15-10-7-11-16-27/h6-19,22,25,28,34H,20-21,23-24H2,1-5H3. The SMILES string of the molecule is CN(C(=O)OC(C)(C)C)C1CCN(c2ccc3c(-c4cccnc4OC(c4ccccc4)c4ccccc4)nn(C)c3c2)CC1. The maximum Gasteiger partial charge on any atom is 0.410 e. The molecule has 2 aromatic heterocycles. The van der Waals surface area contributed by atoms with Gasteiger partial charge < -0.3 is 19.3 Å². The Morgan fingerprint density at radius 3 is 2.18 bits per heavy atom. The van der Waals surface area contributed by atoms with Gasteiger partial charge in [0.05, 0.1) is 11.1 Å². The molecule has 1 aliphatic heterocycles. The summed E-state index contributed by atoms with van der Waals surface area (Å²) in [5, 5.41) is 6.00. The van der Waals surface area contributed by atoms with E-state index in [4.69, 9.17) is 14.6 Å². The van der Waals surface area contributed by atoms with Crippen LogP contribution in [0, 0.1) is 0 Å². The molecular formula is C37H41N5O3. The minimum absolute atomic E-state index is 0.155. The zero-order valence-corrected chi connectivity index (χ0v) is 26.7. The minimum Gasteiger partial charge on any atom is -0.464 e. The Morgan fingerprint density at radius 1 is 0.911 bits per heavy atom. The first-order valence-corrected chi connectivity index (χ1v) is 15.6. The van der Waals surface area contributed by atoms with Crippen molar-refractivity contribution in [3.8, 4) is 17.1 Å². The number of aromatic nitrogens is 3. The topological polar surface area (TPSA) is 72.7 Å². The lowest BCUT2D eigenvalue weighted by Crippen LogP contribution is -2.47. The van der Waals surface area contributed by atoms with Crippen LogP contribution in [0.5, 0.6) is 5.88 Å². The number of carbonyl (C=O) groups is 1. The van der Waals surface area contributed by atoms with Crippen LogP contribution in [0.4, 0.5) is 10.5 Å². The number of rotatable bonds is 7. The largest absolute Gasteiger partial charge is 0.464 e. The average molecular weight is 604 g/mol. The summed E-state index contributed by atoms with van der Waals surface area (Å²) >= 11 is 0. The molecule has 0 spiro atoms. The van der Waals surface area contributed by atoms with Gasteiger partial charge in [0.15, 0.2) is 6.10 Å². The van der Waals surface area contributed by atoms with Gasteiger partial charge >= 0.3 is 6.09 Å². The smallest absolute Gasteiger partial charge is 0.410 e. The number of amides is 1. The Kier molecular flexibility index (Phi) is 8.48. The Labute approximate surface area is 265 Å². The normalized spacial score (nSPS) is 14.1. The van der Waals surface area contributed by atoms with Crippen LogP contribution in [0.15, 0.2) is 97.2 Å². The molecule has 1 fully saturated rings. The van der Waals surface area contributed by atoms with Crippen LogP contribution in [0.25, 0.3) is 22.2 Å². The van der Waals surface area contributed by atoms with E-state index in [1.807, 2.05) is 88.1 Å². The molecule has 3 heterocycles. The molecule has 0 saturated carbocycles. The highest BCUT2D eigenvalue weighted by atomic mass is 16.6. The van der Waals surface area contributed by atoms with E-state index in [2.05, 4.69) is 52.3 Å². The number of ether oxygens (including phenoxy) is 2. The van der Waals surface area contributed by atoms with Crippen molar-refractivity contribution in [1.29, 1.82) is 0 Å². The van der Waals surface area contributed by atoms with Crippen molar-refractivity contribution in [2.75, 3.05) is 25.0 Å². The zero-order chi connectivity index (χ0) is 31.6. The number of pyridine rings is 1. The highest BCUT2D eigenvalue weighted by Crippen LogP contribution is 2.38. The molecular weight excluding hydrogens is 562 g/mol. The molecule has 8 heteroatoms. The predicted molar refractivity (Wildman–Crippen MR) is 179 cm³/mol. The summed E-state index contributed by atoms with van der Waals surface area (Å²) in [5.74, 6) is 0.537. The molecule has 3 aromatic carbocycles. The molecule has 0 atom stereocenters. The van der Waals surface area contributed by atoms with E-state index < -0.39 is 5.60 Å². The third-order valence-electron chi connectivity index (χ3n) is 8.35. The van der Waals surface area contributed by atoms with Gasteiger partial charge in [-0.05, 0) is 75.1 Å². The molecule has 0 radical (unpaired) electrons. The maximum absolute atomic E-state index is 12.6. The molecule has 45 heavy (non-hydrogen) atoms. The fourth-order valence-electron chi connectivity index (χ4n) is 6.00. The summed E-state index contributed by atoms with van der Waals surface area (Å²) in [7, 11) is 3.82. The second kappa shape index (κ2) is 12.6. The Bertz CT molecular complexity index is 1720. The predicted octanol–water partition coefficient (Wildman–Crippen LogP) is 7.64. The third-order valence-corrected chi connectivity index (χ3v) is 8.35. The van der Waals surface area contributed by atoms with Crippen molar-refractivity contribution in [2.45, 2.75) is 51.4 Å². The van der Waals surface area contributed by atoms with Gasteiger partial charge in [0.1, 0.15) is 11.3 Å². The molecule has 0 unspecified atom stereocenters. The van der Waals surface area contributed by atoms with Crippen molar-refractivity contribution in [3.05, 3.63) is 108 Å². The Morgan fingerprint density at radius 2 is 1.56 bits per heavy atom. The first-order valence-electron chi connectivity index (χ1n) is 15.6. The second-order valence-electron chi connectivity index (χ2n) is 12.7. The van der Waals surface area contributed by atoms with E-state index in [9.17, 15) is 4.79 Å².